The van der Waals surface area contributed by atoms with Gasteiger partial charge in [0.1, 0.15) is 19.3 Å². The first kappa shape index (κ1) is 24.3. The van der Waals surface area contributed by atoms with Gasteiger partial charge in [0.2, 0.25) is 17.7 Å². The summed E-state index contributed by atoms with van der Waals surface area (Å²) in [7, 11) is 0. The van der Waals surface area contributed by atoms with Crippen molar-refractivity contribution in [2.75, 3.05) is 13.2 Å². The van der Waals surface area contributed by atoms with Crippen LogP contribution in [0.5, 0.6) is 0 Å². The predicted molar refractivity (Wildman–Crippen MR) is 127 cm³/mol. The summed E-state index contributed by atoms with van der Waals surface area (Å²) in [6.45, 7) is 5.47. The first-order valence-corrected chi connectivity index (χ1v) is 11.5. The summed E-state index contributed by atoms with van der Waals surface area (Å²) in [5.74, 6) is 0.462. The molecule has 1 fully saturated rings. The number of carbonyl (C=O) groups excluding carboxylic acids is 2. The molecule has 2 aromatic carbocycles. The molecule has 1 saturated heterocycles. The molecule has 1 N–H and O–H groups in total. The summed E-state index contributed by atoms with van der Waals surface area (Å²) in [4.78, 5) is 33.1. The molecule has 2 amide bonds. The van der Waals surface area contributed by atoms with Crippen molar-refractivity contribution in [1.29, 1.82) is 0 Å². The van der Waals surface area contributed by atoms with E-state index >= 15 is 0 Å². The number of nitrogens with zero attached hydrogens (tertiary/aromatic N) is 2. The standard InChI is InChI=1S/C26H33N3O4/c1-20(2)17-23(26(31)27-18-21-9-5-3-6-10-21)29-15-16-32-24(13-14-25(29)30)28-33-19-22-11-7-4-8-12-22/h3-12,20,23H,13-19H2,1-2H3,(H,27,31)/b28-24+. The fraction of sp³-hybridized carbons (Fsp3) is 0.423. The number of carbonyl (C=O) groups is 2. The average molecular weight is 452 g/mol. The van der Waals surface area contributed by atoms with Crippen molar-refractivity contribution in [2.45, 2.75) is 52.3 Å². The van der Waals surface area contributed by atoms with Crippen LogP contribution in [0.4, 0.5) is 0 Å². The van der Waals surface area contributed by atoms with E-state index in [0.717, 1.165) is 11.1 Å². The van der Waals surface area contributed by atoms with Gasteiger partial charge in [-0.15, -0.1) is 0 Å². The number of oxime groups is 1. The van der Waals surface area contributed by atoms with Gasteiger partial charge in [-0.2, -0.15) is 0 Å². The van der Waals surface area contributed by atoms with Crippen LogP contribution < -0.4 is 5.32 Å². The molecule has 0 bridgehead atoms. The van der Waals surface area contributed by atoms with Gasteiger partial charge in [0, 0.05) is 19.4 Å². The van der Waals surface area contributed by atoms with Crippen molar-refractivity contribution in [3.8, 4) is 0 Å². The molecule has 0 saturated carbocycles. The summed E-state index contributed by atoms with van der Waals surface area (Å²) in [6, 6.07) is 19.0. The minimum absolute atomic E-state index is 0.0745. The number of hydrogen-bond donors (Lipinski definition) is 1. The van der Waals surface area contributed by atoms with Gasteiger partial charge in [0.25, 0.3) is 0 Å². The first-order chi connectivity index (χ1) is 16.0. The lowest BCUT2D eigenvalue weighted by Crippen LogP contribution is -2.52. The predicted octanol–water partition coefficient (Wildman–Crippen LogP) is 3.89. The molecule has 1 unspecified atom stereocenters. The van der Waals surface area contributed by atoms with Crippen LogP contribution in [-0.4, -0.2) is 41.8 Å². The Morgan fingerprint density at radius 1 is 1.06 bits per heavy atom. The SMILES string of the molecule is CC(C)CC(C(=O)NCc1ccccc1)N1CCO/C(=N/OCc2ccccc2)CCC1=O. The van der Waals surface area contributed by atoms with Crippen molar-refractivity contribution in [3.63, 3.8) is 0 Å². The van der Waals surface area contributed by atoms with E-state index in [0.29, 0.717) is 38.4 Å². The van der Waals surface area contributed by atoms with Gasteiger partial charge < -0.3 is 19.8 Å². The van der Waals surface area contributed by atoms with Gasteiger partial charge in [0.05, 0.1) is 6.54 Å². The Morgan fingerprint density at radius 2 is 1.73 bits per heavy atom. The molecule has 176 valence electrons. The number of rotatable bonds is 9. The second kappa shape index (κ2) is 12.6. The van der Waals surface area contributed by atoms with Crippen molar-refractivity contribution in [1.82, 2.24) is 10.2 Å². The lowest BCUT2D eigenvalue weighted by atomic mass is 10.0. The van der Waals surface area contributed by atoms with E-state index in [1.807, 2.05) is 60.7 Å². The molecule has 33 heavy (non-hydrogen) atoms. The third-order valence-electron chi connectivity index (χ3n) is 5.40. The molecule has 1 aliphatic rings. The van der Waals surface area contributed by atoms with Crippen LogP contribution in [0.3, 0.4) is 0 Å². The van der Waals surface area contributed by atoms with Crippen LogP contribution in [-0.2, 0) is 32.3 Å². The summed E-state index contributed by atoms with van der Waals surface area (Å²) in [5.41, 5.74) is 2.03. The highest BCUT2D eigenvalue weighted by Gasteiger charge is 2.31. The monoisotopic (exact) mass is 451 g/mol. The van der Waals surface area contributed by atoms with Gasteiger partial charge in [-0.1, -0.05) is 79.7 Å². The van der Waals surface area contributed by atoms with E-state index in [-0.39, 0.29) is 30.8 Å². The van der Waals surface area contributed by atoms with Gasteiger partial charge >= 0.3 is 0 Å². The highest BCUT2D eigenvalue weighted by molar-refractivity contribution is 5.89. The van der Waals surface area contributed by atoms with E-state index in [1.54, 1.807) is 4.90 Å². The van der Waals surface area contributed by atoms with Gasteiger partial charge in [-0.05, 0) is 23.5 Å². The smallest absolute Gasteiger partial charge is 0.243 e. The normalized spacial score (nSPS) is 16.6. The second-order valence-electron chi connectivity index (χ2n) is 8.53. The van der Waals surface area contributed by atoms with E-state index in [1.165, 1.54) is 0 Å². The number of nitrogens with one attached hydrogen (secondary N) is 1. The third-order valence-corrected chi connectivity index (χ3v) is 5.40. The minimum Gasteiger partial charge on any atom is -0.477 e. The molecule has 3 rings (SSSR count). The summed E-state index contributed by atoms with van der Waals surface area (Å²) >= 11 is 0. The quantitative estimate of drug-likeness (QED) is 0.587. The molecule has 1 aliphatic heterocycles. The minimum atomic E-state index is -0.530. The van der Waals surface area contributed by atoms with E-state index in [4.69, 9.17) is 9.57 Å². The van der Waals surface area contributed by atoms with Crippen molar-refractivity contribution in [2.24, 2.45) is 11.1 Å². The maximum atomic E-state index is 13.0. The average Bonchev–Trinajstić information content (AvgIpc) is 2.82. The zero-order chi connectivity index (χ0) is 23.5. The topological polar surface area (TPSA) is 80.2 Å². The zero-order valence-corrected chi connectivity index (χ0v) is 19.4. The molecule has 7 heteroatoms. The largest absolute Gasteiger partial charge is 0.477 e. The van der Waals surface area contributed by atoms with Crippen LogP contribution in [0.15, 0.2) is 65.8 Å². The van der Waals surface area contributed by atoms with Crippen LogP contribution >= 0.6 is 0 Å². The summed E-state index contributed by atoms with van der Waals surface area (Å²) < 4.78 is 5.76. The van der Waals surface area contributed by atoms with Crippen molar-refractivity contribution >= 4 is 17.7 Å². The van der Waals surface area contributed by atoms with Gasteiger partial charge in [0.15, 0.2) is 0 Å². The number of amides is 2. The highest BCUT2D eigenvalue weighted by atomic mass is 16.6. The zero-order valence-electron chi connectivity index (χ0n) is 19.4. The maximum Gasteiger partial charge on any atom is 0.243 e. The molecule has 0 aliphatic carbocycles. The van der Waals surface area contributed by atoms with Crippen molar-refractivity contribution < 1.29 is 19.2 Å². The van der Waals surface area contributed by atoms with Crippen LogP contribution in [0, 0.1) is 5.92 Å². The van der Waals surface area contributed by atoms with Crippen LogP contribution in [0.25, 0.3) is 0 Å². The third kappa shape index (κ3) is 7.93. The lowest BCUT2D eigenvalue weighted by Gasteiger charge is -2.33. The molecule has 0 spiro atoms. The number of ether oxygens (including phenoxy) is 1. The Balaban J connectivity index is 1.57. The fourth-order valence-corrected chi connectivity index (χ4v) is 3.70. The van der Waals surface area contributed by atoms with E-state index < -0.39 is 6.04 Å². The fourth-order valence-electron chi connectivity index (χ4n) is 3.70. The number of hydrogen-bond acceptors (Lipinski definition) is 5. The summed E-state index contributed by atoms with van der Waals surface area (Å²) in [5, 5.41) is 7.07. The van der Waals surface area contributed by atoms with Gasteiger partial charge in [-0.25, -0.2) is 0 Å². The number of benzene rings is 2. The lowest BCUT2D eigenvalue weighted by molar-refractivity contribution is -0.142. The maximum absolute atomic E-state index is 13.0. The Bertz CT molecular complexity index is 916. The van der Waals surface area contributed by atoms with Crippen LogP contribution in [0.2, 0.25) is 0 Å². The van der Waals surface area contributed by atoms with Crippen molar-refractivity contribution in [3.05, 3.63) is 71.8 Å². The van der Waals surface area contributed by atoms with Crippen LogP contribution in [0.1, 0.15) is 44.2 Å². The molecule has 1 heterocycles. The Hall–Kier alpha value is -3.35. The highest BCUT2D eigenvalue weighted by Crippen LogP contribution is 2.17. The second-order valence-corrected chi connectivity index (χ2v) is 8.53. The summed E-state index contributed by atoms with van der Waals surface area (Å²) in [6.07, 6.45) is 1.14. The molecule has 1 atom stereocenters. The molecule has 2 aromatic rings. The van der Waals surface area contributed by atoms with E-state index in [9.17, 15) is 9.59 Å². The molecule has 7 nitrogen and oxygen atoms in total. The Labute approximate surface area is 195 Å². The Morgan fingerprint density at radius 3 is 2.39 bits per heavy atom. The first-order valence-electron chi connectivity index (χ1n) is 11.5. The molecular formula is C26H33N3O4. The Kier molecular flexibility index (Phi) is 9.30. The van der Waals surface area contributed by atoms with E-state index in [2.05, 4.69) is 24.3 Å². The molecule has 0 aromatic heterocycles. The van der Waals surface area contributed by atoms with Gasteiger partial charge in [-0.3, -0.25) is 9.59 Å². The molecular weight excluding hydrogens is 418 g/mol. The molecule has 0 radical (unpaired) electrons.